The molecule has 3 rings (SSSR count). The average Bonchev–Trinajstić information content (AvgIpc) is 2.73. The summed E-state index contributed by atoms with van der Waals surface area (Å²) in [5.41, 5.74) is 3.23. The number of benzene rings is 2. The first kappa shape index (κ1) is 18.4. The fraction of sp³-hybridized carbons (Fsp3) is 0.381. The molecule has 1 aliphatic rings. The Hall–Kier alpha value is -2.37. The summed E-state index contributed by atoms with van der Waals surface area (Å²) in [6.45, 7) is 3.98. The average molecular weight is 354 g/mol. The number of likely N-dealkylation sites (N-methyl/N-ethyl adjacent to an activating group) is 1. The van der Waals surface area contributed by atoms with Gasteiger partial charge in [0, 0.05) is 25.7 Å². The van der Waals surface area contributed by atoms with Gasteiger partial charge in [-0.2, -0.15) is 0 Å². The van der Waals surface area contributed by atoms with Crippen LogP contribution in [0.3, 0.4) is 0 Å². The molecule has 5 nitrogen and oxygen atoms in total. The lowest BCUT2D eigenvalue weighted by atomic mass is 10.00. The van der Waals surface area contributed by atoms with E-state index in [4.69, 9.17) is 9.47 Å². The zero-order valence-electron chi connectivity index (χ0n) is 15.6. The summed E-state index contributed by atoms with van der Waals surface area (Å²) in [7, 11) is 3.51. The molecule has 2 unspecified atom stereocenters. The summed E-state index contributed by atoms with van der Waals surface area (Å²) < 4.78 is 11.0. The van der Waals surface area contributed by atoms with Gasteiger partial charge >= 0.3 is 0 Å². The number of methoxy groups -OCH3 is 1. The van der Waals surface area contributed by atoms with Crippen molar-refractivity contribution in [1.82, 2.24) is 10.2 Å². The number of morpholine rings is 1. The van der Waals surface area contributed by atoms with Gasteiger partial charge in [0.25, 0.3) is 5.91 Å². The van der Waals surface area contributed by atoms with Crippen LogP contribution in [0.2, 0.25) is 0 Å². The number of hydrogen-bond donors (Lipinski definition) is 1. The molecule has 0 saturated carbocycles. The van der Waals surface area contributed by atoms with Crippen LogP contribution in [0.25, 0.3) is 11.1 Å². The van der Waals surface area contributed by atoms with Gasteiger partial charge in [-0.1, -0.05) is 42.5 Å². The smallest absolute Gasteiger partial charge is 0.253 e. The quantitative estimate of drug-likeness (QED) is 0.897. The highest BCUT2D eigenvalue weighted by molar-refractivity contribution is 5.81. The summed E-state index contributed by atoms with van der Waals surface area (Å²) in [5, 5.41) is 3.20. The Morgan fingerprint density at radius 3 is 2.62 bits per heavy atom. The van der Waals surface area contributed by atoms with Crippen molar-refractivity contribution in [3.8, 4) is 16.9 Å². The van der Waals surface area contributed by atoms with E-state index in [9.17, 15) is 4.79 Å². The highest BCUT2D eigenvalue weighted by Gasteiger charge is 2.27. The first-order valence-electron chi connectivity index (χ1n) is 8.94. The normalized spacial score (nSPS) is 18.2. The van der Waals surface area contributed by atoms with Gasteiger partial charge in [0.1, 0.15) is 11.9 Å². The molecule has 0 aromatic heterocycles. The largest absolute Gasteiger partial charge is 0.496 e. The number of carbonyl (C=O) groups is 1. The molecule has 1 fully saturated rings. The fourth-order valence-electron chi connectivity index (χ4n) is 3.19. The minimum Gasteiger partial charge on any atom is -0.496 e. The van der Waals surface area contributed by atoms with Crippen molar-refractivity contribution in [2.75, 3.05) is 33.9 Å². The van der Waals surface area contributed by atoms with Gasteiger partial charge < -0.3 is 19.7 Å². The maximum absolute atomic E-state index is 12.6. The highest BCUT2D eigenvalue weighted by atomic mass is 16.5. The number of ether oxygens (including phenoxy) is 2. The Morgan fingerprint density at radius 2 is 1.96 bits per heavy atom. The molecule has 0 bridgehead atoms. The zero-order chi connectivity index (χ0) is 18.5. The van der Waals surface area contributed by atoms with Crippen LogP contribution in [0.5, 0.6) is 5.75 Å². The van der Waals surface area contributed by atoms with Gasteiger partial charge in [-0.05, 0) is 24.1 Å². The fourth-order valence-corrected chi connectivity index (χ4v) is 3.19. The van der Waals surface area contributed by atoms with E-state index in [1.54, 1.807) is 12.0 Å². The lowest BCUT2D eigenvalue weighted by molar-refractivity contribution is -0.145. The Labute approximate surface area is 154 Å². The van der Waals surface area contributed by atoms with E-state index in [1.165, 1.54) is 0 Å². The highest BCUT2D eigenvalue weighted by Crippen LogP contribution is 2.31. The number of hydrogen-bond acceptors (Lipinski definition) is 4. The minimum absolute atomic E-state index is 0.0125. The van der Waals surface area contributed by atoms with Crippen molar-refractivity contribution < 1.29 is 14.3 Å². The first-order valence-corrected chi connectivity index (χ1v) is 8.94. The van der Waals surface area contributed by atoms with Crippen LogP contribution in [-0.2, 0) is 9.53 Å². The molecular weight excluding hydrogens is 328 g/mol. The van der Waals surface area contributed by atoms with Crippen LogP contribution in [0.1, 0.15) is 18.5 Å². The Morgan fingerprint density at radius 1 is 1.23 bits per heavy atom. The molecule has 138 valence electrons. The van der Waals surface area contributed by atoms with Crippen molar-refractivity contribution >= 4 is 5.91 Å². The molecule has 2 aromatic carbocycles. The van der Waals surface area contributed by atoms with E-state index < -0.39 is 6.10 Å². The van der Waals surface area contributed by atoms with Crippen molar-refractivity contribution in [3.05, 3.63) is 54.1 Å². The molecule has 0 radical (unpaired) electrons. The van der Waals surface area contributed by atoms with Gasteiger partial charge in [0.05, 0.1) is 19.8 Å². The minimum atomic E-state index is -0.399. The molecule has 1 N–H and O–H groups in total. The maximum atomic E-state index is 12.6. The van der Waals surface area contributed by atoms with E-state index in [0.717, 1.165) is 29.0 Å². The Balaban J connectivity index is 1.74. The standard InChI is InChI=1S/C21H26N2O3/c1-15(23(2)21(24)20-14-22-12-13-26-20)16-8-10-17(11-9-16)18-6-4-5-7-19(18)25-3/h4-11,15,20,22H,12-14H2,1-3H3. The van der Waals surface area contributed by atoms with Gasteiger partial charge in [-0.3, -0.25) is 4.79 Å². The molecule has 0 spiro atoms. The van der Waals surface area contributed by atoms with Crippen molar-refractivity contribution in [2.24, 2.45) is 0 Å². The molecule has 1 heterocycles. The zero-order valence-corrected chi connectivity index (χ0v) is 15.6. The third kappa shape index (κ3) is 3.89. The molecule has 1 saturated heterocycles. The third-order valence-corrected chi connectivity index (χ3v) is 4.94. The number of para-hydroxylation sites is 1. The SMILES string of the molecule is COc1ccccc1-c1ccc(C(C)N(C)C(=O)C2CNCCO2)cc1. The molecule has 2 aromatic rings. The molecule has 1 amide bonds. The molecule has 2 atom stereocenters. The second-order valence-corrected chi connectivity index (χ2v) is 6.51. The molecule has 5 heteroatoms. The predicted molar refractivity (Wildman–Crippen MR) is 102 cm³/mol. The summed E-state index contributed by atoms with van der Waals surface area (Å²) in [6, 6.07) is 16.2. The molecule has 1 aliphatic heterocycles. The first-order chi connectivity index (χ1) is 12.6. The molecule has 26 heavy (non-hydrogen) atoms. The van der Waals surface area contributed by atoms with E-state index in [2.05, 4.69) is 29.6 Å². The lowest BCUT2D eigenvalue weighted by Gasteiger charge is -2.31. The number of carbonyl (C=O) groups excluding carboxylic acids is 1. The van der Waals surface area contributed by atoms with E-state index in [-0.39, 0.29) is 11.9 Å². The summed E-state index contributed by atoms with van der Waals surface area (Å²) in [4.78, 5) is 14.4. The van der Waals surface area contributed by atoms with Crippen LogP contribution in [0, 0.1) is 0 Å². The number of rotatable bonds is 5. The number of nitrogens with zero attached hydrogens (tertiary/aromatic N) is 1. The Bertz CT molecular complexity index is 739. The second kappa shape index (κ2) is 8.34. The molecule has 0 aliphatic carbocycles. The van der Waals surface area contributed by atoms with Gasteiger partial charge in [0.2, 0.25) is 0 Å². The predicted octanol–water partition coefficient (Wildman–Crippen LogP) is 2.87. The van der Waals surface area contributed by atoms with Gasteiger partial charge in [-0.25, -0.2) is 0 Å². The molecular formula is C21H26N2O3. The van der Waals surface area contributed by atoms with Crippen LogP contribution >= 0.6 is 0 Å². The van der Waals surface area contributed by atoms with Crippen molar-refractivity contribution in [2.45, 2.75) is 19.1 Å². The summed E-state index contributed by atoms with van der Waals surface area (Å²) in [6.07, 6.45) is -0.399. The van der Waals surface area contributed by atoms with Crippen LogP contribution in [-0.4, -0.2) is 50.8 Å². The van der Waals surface area contributed by atoms with E-state index >= 15 is 0 Å². The van der Waals surface area contributed by atoms with Gasteiger partial charge in [0.15, 0.2) is 0 Å². The van der Waals surface area contributed by atoms with E-state index in [0.29, 0.717) is 13.2 Å². The number of amides is 1. The summed E-state index contributed by atoms with van der Waals surface area (Å²) in [5.74, 6) is 0.862. The van der Waals surface area contributed by atoms with Crippen LogP contribution < -0.4 is 10.1 Å². The van der Waals surface area contributed by atoms with Crippen molar-refractivity contribution in [1.29, 1.82) is 0 Å². The second-order valence-electron chi connectivity index (χ2n) is 6.51. The lowest BCUT2D eigenvalue weighted by Crippen LogP contribution is -2.48. The monoisotopic (exact) mass is 354 g/mol. The van der Waals surface area contributed by atoms with Crippen LogP contribution in [0.15, 0.2) is 48.5 Å². The van der Waals surface area contributed by atoms with Gasteiger partial charge in [-0.15, -0.1) is 0 Å². The van der Waals surface area contributed by atoms with E-state index in [1.807, 2.05) is 38.2 Å². The summed E-state index contributed by atoms with van der Waals surface area (Å²) >= 11 is 0. The van der Waals surface area contributed by atoms with Crippen LogP contribution in [0.4, 0.5) is 0 Å². The third-order valence-electron chi connectivity index (χ3n) is 4.94. The maximum Gasteiger partial charge on any atom is 0.253 e. The topological polar surface area (TPSA) is 50.8 Å². The van der Waals surface area contributed by atoms with Crippen molar-refractivity contribution in [3.63, 3.8) is 0 Å². The number of nitrogens with one attached hydrogen (secondary N) is 1. The Kier molecular flexibility index (Phi) is 5.91.